The second-order valence-electron chi connectivity index (χ2n) is 31.6. The number of nitrogens with zero attached hydrogens (tertiary/aromatic N) is 4. The van der Waals surface area contributed by atoms with Crippen LogP contribution in [0.3, 0.4) is 0 Å². The molecule has 19 N–H and O–H groups in total. The Labute approximate surface area is 685 Å². The van der Waals surface area contributed by atoms with Crippen LogP contribution in [-0.2, 0) is 89.6 Å². The molecule has 4 fully saturated rings. The molecular weight excluding hydrogens is 1530 g/mol. The Balaban J connectivity index is 1.02. The number of H-pyrrole nitrogens is 1. The molecule has 7 rings (SSSR count). The van der Waals surface area contributed by atoms with Crippen LogP contribution in [0.4, 0.5) is 0 Å². The number of primary amides is 1. The highest BCUT2D eigenvalue weighted by molar-refractivity contribution is 7.98. The normalized spacial score (nSPS) is 19.5. The van der Waals surface area contributed by atoms with E-state index in [0.29, 0.717) is 79.3 Å². The number of fused-ring (bicyclic) bond motifs is 1. The molecule has 0 spiro atoms. The number of thioether (sulfide) groups is 1. The van der Waals surface area contributed by atoms with Gasteiger partial charge in [-0.1, -0.05) is 76.2 Å². The molecule has 5 heterocycles. The Hall–Kier alpha value is -10.3. The Morgan fingerprint density at radius 1 is 0.513 bits per heavy atom. The fraction of sp³-hybridized carbons (Fsp3) is 0.625. The molecule has 1 aromatic heterocycles. The van der Waals surface area contributed by atoms with E-state index in [1.807, 2.05) is 34.0 Å². The SMILES string of the molecule is CSCC[C@H](N)C(=O)NCC(=O)N[C@@H](C)C(=O)N1CCC[C@H]1C(=O)N[C@H](C(=O)N[C@@H](CC(C)C)C(=O)N1CCC[C@H]1C(=O)N1CCC[C@H]1C(=O)N[C@@H](C)C(=O)N[C@@H](Cc1c[nH]c2ccccc12)C(=O)N[C@@H](CCC(N)=O)C(=O)N1CCC[C@H]1C(=O)N[C@@H](Cc1ccccc1)C(=O)N[C@@H](CC(C)C)C(=O)N[C@@H](CCCCN)C(=O)O)[C@@H](C)O. The van der Waals surface area contributed by atoms with Crippen LogP contribution in [0.5, 0.6) is 0 Å². The lowest BCUT2D eigenvalue weighted by molar-refractivity contribution is -0.148. The number of para-hydroxylation sites is 1. The van der Waals surface area contributed by atoms with Gasteiger partial charge in [-0.15, -0.1) is 0 Å². The van der Waals surface area contributed by atoms with Crippen LogP contribution in [-0.4, -0.2) is 271 Å². The number of aliphatic carboxylic acids is 1. The number of carboxylic acids is 1. The van der Waals surface area contributed by atoms with Gasteiger partial charge in [0.25, 0.3) is 0 Å². The molecule has 0 aliphatic carbocycles. The van der Waals surface area contributed by atoms with E-state index in [-0.39, 0.29) is 102 Å². The Morgan fingerprint density at radius 2 is 1.02 bits per heavy atom. The maximum atomic E-state index is 15.0. The minimum Gasteiger partial charge on any atom is -0.480 e. The molecule has 4 saturated heterocycles. The summed E-state index contributed by atoms with van der Waals surface area (Å²) in [5.74, 6) is -12.1. The summed E-state index contributed by atoms with van der Waals surface area (Å²) in [4.78, 5) is 232. The van der Waals surface area contributed by atoms with E-state index in [2.05, 4.69) is 58.2 Å². The molecular formula is C80H120N18O18S. The largest absolute Gasteiger partial charge is 0.480 e. The van der Waals surface area contributed by atoms with Crippen LogP contribution in [0.1, 0.15) is 162 Å². The summed E-state index contributed by atoms with van der Waals surface area (Å²) in [6.45, 7) is 11.5. The second kappa shape index (κ2) is 45.5. The van der Waals surface area contributed by atoms with Gasteiger partial charge in [0.05, 0.1) is 18.7 Å². The third-order valence-electron chi connectivity index (χ3n) is 21.5. The highest BCUT2D eigenvalue weighted by atomic mass is 32.2. The zero-order valence-corrected chi connectivity index (χ0v) is 68.9. The van der Waals surface area contributed by atoms with E-state index in [1.165, 1.54) is 52.1 Å². The Morgan fingerprint density at radius 3 is 1.62 bits per heavy atom. The van der Waals surface area contributed by atoms with Gasteiger partial charge in [-0.05, 0) is 165 Å². The fourth-order valence-electron chi connectivity index (χ4n) is 15.2. The first-order valence-corrected chi connectivity index (χ1v) is 42.0. The number of hydrogen-bond donors (Lipinski definition) is 16. The summed E-state index contributed by atoms with van der Waals surface area (Å²) in [6.07, 6.45) is 4.56. The standard InChI is InChI=1S/C80H120N18O18S/c1-44(2)38-56(69(104)89-55(80(115)116)24-14-15-32-81)91-70(105)57(40-49-20-10-9-11-21-49)92-73(108)61-26-17-34-96(61)77(112)54(29-30-64(83)100)88-71(106)58(41-50-42-84-53-23-13-12-22-51(50)53)90-67(102)46(5)87-72(107)60-25-18-35-97(60)79(114)63-28-19-36-98(63)78(113)59(39-45(3)4)93-75(110)66(48(7)99)94-74(109)62-27-16-33-95(62)76(111)47(6)86-65(101)43-85-68(103)52(82)31-37-117-8/h9-13,20-23,42,44-48,52,54-63,66,84,99H,14-19,24-41,43,81-82H2,1-8H3,(H2,83,100)(H,85,103)(H,86,101)(H,87,107)(H,88,106)(H,89,104)(H,90,102)(H,91,105)(H,92,108)(H,93,110)(H,94,109)(H,115,116)/t46-,47-,48+,52-,54-,55-,56-,57-,58-,59-,60-,61-,62-,63-,66-/m0/s1. The Bertz CT molecular complexity index is 4000. The van der Waals surface area contributed by atoms with Gasteiger partial charge in [-0.3, -0.25) is 71.9 Å². The minimum absolute atomic E-state index is 0.00661. The summed E-state index contributed by atoms with van der Waals surface area (Å²) in [7, 11) is 0. The number of carbonyl (C=O) groups is 16. The predicted molar refractivity (Wildman–Crippen MR) is 433 cm³/mol. The number of nitrogens with one attached hydrogen (secondary N) is 11. The first kappa shape index (κ1) is 93.9. The van der Waals surface area contributed by atoms with Crippen LogP contribution < -0.4 is 70.4 Å². The van der Waals surface area contributed by atoms with Crippen molar-refractivity contribution in [2.75, 3.05) is 51.3 Å². The molecule has 0 bridgehead atoms. The highest BCUT2D eigenvalue weighted by Crippen LogP contribution is 2.29. The van der Waals surface area contributed by atoms with Crippen LogP contribution in [0, 0.1) is 11.8 Å². The van der Waals surface area contributed by atoms with E-state index >= 15 is 9.59 Å². The zero-order chi connectivity index (χ0) is 85.9. The molecule has 4 aliphatic heterocycles. The first-order chi connectivity index (χ1) is 55.6. The monoisotopic (exact) mass is 1650 g/mol. The van der Waals surface area contributed by atoms with Gasteiger partial charge in [0.15, 0.2) is 0 Å². The van der Waals surface area contributed by atoms with E-state index in [4.69, 9.17) is 17.2 Å². The average Bonchev–Trinajstić information content (AvgIpc) is 1.71. The Kier molecular flexibility index (Phi) is 36.5. The molecule has 37 heteroatoms. The topological polar surface area (TPSA) is 541 Å². The number of aromatic amines is 1. The van der Waals surface area contributed by atoms with Crippen molar-refractivity contribution in [2.24, 2.45) is 29.0 Å². The molecule has 0 radical (unpaired) electrons. The molecule has 644 valence electrons. The maximum absolute atomic E-state index is 15.0. The third-order valence-corrected chi connectivity index (χ3v) is 22.1. The van der Waals surface area contributed by atoms with E-state index in [1.54, 1.807) is 60.8 Å². The van der Waals surface area contributed by atoms with Crippen molar-refractivity contribution in [1.29, 1.82) is 0 Å². The number of carbonyl (C=O) groups excluding carboxylic acids is 15. The number of nitrogens with two attached hydrogens (primary N) is 3. The van der Waals surface area contributed by atoms with E-state index < -0.39 is 198 Å². The predicted octanol–water partition coefficient (Wildman–Crippen LogP) is -1.53. The van der Waals surface area contributed by atoms with Gasteiger partial charge < -0.3 is 105 Å². The van der Waals surface area contributed by atoms with Crippen molar-refractivity contribution in [1.82, 2.24) is 77.8 Å². The summed E-state index contributed by atoms with van der Waals surface area (Å²) in [6, 6.07) is -1.86. The lowest BCUT2D eigenvalue weighted by Crippen LogP contribution is -2.61. The summed E-state index contributed by atoms with van der Waals surface area (Å²) in [5.41, 5.74) is 19.0. The molecule has 4 aliphatic rings. The molecule has 15 amide bonds. The molecule has 0 saturated carbocycles. The summed E-state index contributed by atoms with van der Waals surface area (Å²) in [5, 5.41) is 48.2. The van der Waals surface area contributed by atoms with Crippen LogP contribution in [0.25, 0.3) is 10.9 Å². The lowest BCUT2D eigenvalue weighted by Gasteiger charge is -2.34. The van der Waals surface area contributed by atoms with Crippen molar-refractivity contribution in [3.8, 4) is 0 Å². The van der Waals surface area contributed by atoms with Crippen LogP contribution in [0.2, 0.25) is 0 Å². The highest BCUT2D eigenvalue weighted by Gasteiger charge is 2.47. The number of aliphatic hydroxyl groups excluding tert-OH is 1. The van der Waals surface area contributed by atoms with Crippen molar-refractivity contribution < 1.29 is 86.9 Å². The number of rotatable bonds is 44. The molecule has 117 heavy (non-hydrogen) atoms. The molecule has 15 atom stereocenters. The third kappa shape index (κ3) is 27.1. The number of hydrogen-bond acceptors (Lipinski definition) is 20. The van der Waals surface area contributed by atoms with Gasteiger partial charge in [-0.2, -0.15) is 11.8 Å². The first-order valence-electron chi connectivity index (χ1n) is 40.6. The quantitative estimate of drug-likeness (QED) is 0.0286. The molecule has 36 nitrogen and oxygen atoms in total. The summed E-state index contributed by atoms with van der Waals surface area (Å²) >= 11 is 1.51. The smallest absolute Gasteiger partial charge is 0.326 e. The zero-order valence-electron chi connectivity index (χ0n) is 68.1. The van der Waals surface area contributed by atoms with E-state index in [9.17, 15) is 77.3 Å². The minimum atomic E-state index is -1.63. The van der Waals surface area contributed by atoms with Crippen molar-refractivity contribution in [3.63, 3.8) is 0 Å². The fourth-order valence-corrected chi connectivity index (χ4v) is 15.7. The number of aromatic nitrogens is 1. The van der Waals surface area contributed by atoms with Crippen molar-refractivity contribution in [2.45, 2.75) is 255 Å². The van der Waals surface area contributed by atoms with Gasteiger partial charge in [-0.25, -0.2) is 4.79 Å². The molecule has 2 aromatic carbocycles. The lowest BCUT2D eigenvalue weighted by atomic mass is 10.00. The summed E-state index contributed by atoms with van der Waals surface area (Å²) < 4.78 is 0. The number of carboxylic acid groups (broad SMARTS) is 1. The number of likely N-dealkylation sites (tertiary alicyclic amines) is 4. The molecule has 0 unspecified atom stereocenters. The van der Waals surface area contributed by atoms with Gasteiger partial charge in [0.2, 0.25) is 88.6 Å². The second-order valence-corrected chi connectivity index (χ2v) is 32.6. The van der Waals surface area contributed by atoms with Gasteiger partial charge in [0.1, 0.15) is 78.5 Å². The van der Waals surface area contributed by atoms with Crippen molar-refractivity contribution >= 4 is 117 Å². The number of amides is 15. The maximum Gasteiger partial charge on any atom is 0.326 e. The van der Waals surface area contributed by atoms with Crippen LogP contribution in [0.15, 0.2) is 60.8 Å². The average molecular weight is 1650 g/mol. The number of aliphatic hydroxyl groups is 1. The van der Waals surface area contributed by atoms with Crippen molar-refractivity contribution in [3.05, 3.63) is 71.9 Å². The molecule has 3 aromatic rings. The number of benzene rings is 2. The van der Waals surface area contributed by atoms with E-state index in [0.717, 1.165) is 0 Å². The van der Waals surface area contributed by atoms with Crippen LogP contribution >= 0.6 is 11.8 Å². The number of unbranched alkanes of at least 4 members (excludes halogenated alkanes) is 1. The van der Waals surface area contributed by atoms with Gasteiger partial charge >= 0.3 is 5.97 Å². The van der Waals surface area contributed by atoms with Gasteiger partial charge in [0, 0.05) is 62.5 Å².